The van der Waals surface area contributed by atoms with Crippen molar-refractivity contribution in [2.75, 3.05) is 0 Å². The molecule has 7 heteroatoms. The number of carboxylic acids is 2. The van der Waals surface area contributed by atoms with Gasteiger partial charge in [-0.2, -0.15) is 13.2 Å². The molecule has 4 nitrogen and oxygen atoms in total. The maximum absolute atomic E-state index is 10.6. The van der Waals surface area contributed by atoms with Crippen LogP contribution in [0.2, 0.25) is 0 Å². The van der Waals surface area contributed by atoms with E-state index in [1.807, 2.05) is 30.3 Å². The van der Waals surface area contributed by atoms with Crippen LogP contribution in [0.15, 0.2) is 42.5 Å². The molecule has 28 heavy (non-hydrogen) atoms. The van der Waals surface area contributed by atoms with E-state index in [0.29, 0.717) is 5.56 Å². The molecule has 0 atom stereocenters. The van der Waals surface area contributed by atoms with Crippen molar-refractivity contribution in [1.82, 2.24) is 0 Å². The van der Waals surface area contributed by atoms with Crippen molar-refractivity contribution in [3.8, 4) is 0 Å². The van der Waals surface area contributed by atoms with E-state index in [-0.39, 0.29) is 0 Å². The molecule has 0 radical (unpaired) electrons. The zero-order valence-corrected chi connectivity index (χ0v) is 16.1. The van der Waals surface area contributed by atoms with Gasteiger partial charge in [-0.3, -0.25) is 0 Å². The van der Waals surface area contributed by atoms with Gasteiger partial charge in [0.05, 0.1) is 5.56 Å². The van der Waals surface area contributed by atoms with Crippen LogP contribution in [0.5, 0.6) is 0 Å². The topological polar surface area (TPSA) is 74.6 Å². The van der Waals surface area contributed by atoms with E-state index in [1.165, 1.54) is 38.5 Å². The lowest BCUT2D eigenvalue weighted by Gasteiger charge is -1.98. The van der Waals surface area contributed by atoms with Gasteiger partial charge in [0.1, 0.15) is 0 Å². The van der Waals surface area contributed by atoms with Gasteiger partial charge in [0.2, 0.25) is 0 Å². The van der Waals surface area contributed by atoms with Gasteiger partial charge in [-0.25, -0.2) is 9.59 Å². The molecule has 0 unspecified atom stereocenters. The Bertz CT molecular complexity index is 721. The lowest BCUT2D eigenvalue weighted by molar-refractivity contribution is -0.192. The highest BCUT2D eigenvalue weighted by molar-refractivity contribution is 5.94. The van der Waals surface area contributed by atoms with Crippen molar-refractivity contribution in [2.24, 2.45) is 0 Å². The van der Waals surface area contributed by atoms with Gasteiger partial charge in [0, 0.05) is 0 Å². The van der Waals surface area contributed by atoms with E-state index in [4.69, 9.17) is 15.0 Å². The Morgan fingerprint density at radius 1 is 0.821 bits per heavy atom. The summed E-state index contributed by atoms with van der Waals surface area (Å²) in [6, 6.07) is 12.8. The van der Waals surface area contributed by atoms with Crippen molar-refractivity contribution in [3.63, 3.8) is 0 Å². The number of aliphatic carboxylic acids is 1. The molecule has 2 aromatic rings. The highest BCUT2D eigenvalue weighted by Crippen LogP contribution is 2.15. The van der Waals surface area contributed by atoms with Crippen LogP contribution >= 0.6 is 0 Å². The van der Waals surface area contributed by atoms with Gasteiger partial charge in [0.15, 0.2) is 0 Å². The van der Waals surface area contributed by atoms with Gasteiger partial charge in [0.25, 0.3) is 0 Å². The fourth-order valence-electron chi connectivity index (χ4n) is 2.18. The molecule has 2 rings (SSSR count). The number of halogens is 3. The lowest BCUT2D eigenvalue weighted by atomic mass is 10.1. The van der Waals surface area contributed by atoms with Crippen LogP contribution < -0.4 is 0 Å². The van der Waals surface area contributed by atoms with Crippen LogP contribution in [-0.2, 0) is 4.79 Å². The van der Waals surface area contributed by atoms with Crippen molar-refractivity contribution in [1.29, 1.82) is 0 Å². The molecule has 2 N–H and O–H groups in total. The fraction of sp³-hybridized carbons (Fsp3) is 0.429. The zero-order chi connectivity index (χ0) is 21.6. The number of aromatic carboxylic acids is 1. The Balaban J connectivity index is 0.000000424. The Hall–Kier alpha value is -2.57. The Morgan fingerprint density at radius 2 is 1.29 bits per heavy atom. The highest BCUT2D eigenvalue weighted by Gasteiger charge is 2.38. The van der Waals surface area contributed by atoms with Crippen LogP contribution in [0.1, 0.15) is 62.7 Å². The van der Waals surface area contributed by atoms with E-state index in [9.17, 15) is 18.0 Å². The second-order valence-electron chi connectivity index (χ2n) is 6.08. The maximum atomic E-state index is 10.6. The average molecular weight is 400 g/mol. The Labute approximate surface area is 163 Å². The molecular weight excluding hydrogens is 373 g/mol. The van der Waals surface area contributed by atoms with Gasteiger partial charge in [-0.05, 0) is 22.9 Å². The van der Waals surface area contributed by atoms with E-state index in [0.717, 1.165) is 10.8 Å². The number of unbranched alkanes of at least 4 members (excludes halogenated alkanes) is 5. The number of alkyl halides is 3. The molecule has 156 valence electrons. The standard InChI is InChI=1S/C11H8O2.C8H18.C2HF3O2/c12-11(13)10-6-5-8-3-1-2-4-9(8)7-10;1-3-5-7-8-6-4-2;3-2(4,5)1(6)7/h1-7H,(H,12,13);3-8H2,1-2H3;(H,6,7). The number of benzene rings is 2. The van der Waals surface area contributed by atoms with E-state index >= 15 is 0 Å². The molecule has 0 spiro atoms. The van der Waals surface area contributed by atoms with Gasteiger partial charge >= 0.3 is 18.1 Å². The third-order valence-corrected chi connectivity index (χ3v) is 3.70. The second kappa shape index (κ2) is 13.6. The first kappa shape index (κ1) is 25.4. The normalized spacial score (nSPS) is 10.3. The minimum Gasteiger partial charge on any atom is -0.478 e. The van der Waals surface area contributed by atoms with Crippen LogP contribution in [-0.4, -0.2) is 28.3 Å². The Kier molecular flexibility index (Phi) is 12.3. The minimum atomic E-state index is -5.08. The number of fused-ring (bicyclic) bond motifs is 1. The molecule has 0 aliphatic heterocycles. The molecule has 0 aliphatic carbocycles. The summed E-state index contributed by atoms with van der Waals surface area (Å²) in [5.41, 5.74) is 0.332. The van der Waals surface area contributed by atoms with Gasteiger partial charge in [-0.15, -0.1) is 0 Å². The number of rotatable bonds is 6. The number of carboxylic acid groups (broad SMARTS) is 2. The molecule has 0 aliphatic rings. The van der Waals surface area contributed by atoms with Crippen molar-refractivity contribution in [2.45, 2.75) is 58.5 Å². The summed E-state index contributed by atoms with van der Waals surface area (Å²) in [6.45, 7) is 4.51. The SMILES string of the molecule is CCCCCCCC.O=C(O)C(F)(F)F.O=C(O)c1ccc2ccccc2c1. The summed E-state index contributed by atoms with van der Waals surface area (Å²) < 4.78 is 31.7. The predicted octanol–water partition coefficient (Wildman–Crippen LogP) is 6.54. The molecule has 0 fully saturated rings. The van der Waals surface area contributed by atoms with Crippen LogP contribution in [0, 0.1) is 0 Å². The van der Waals surface area contributed by atoms with Gasteiger partial charge in [-0.1, -0.05) is 82.7 Å². The summed E-state index contributed by atoms with van der Waals surface area (Å²) >= 11 is 0. The van der Waals surface area contributed by atoms with Crippen molar-refractivity contribution in [3.05, 3.63) is 48.0 Å². The third-order valence-electron chi connectivity index (χ3n) is 3.70. The van der Waals surface area contributed by atoms with E-state index < -0.39 is 18.1 Å². The molecule has 0 saturated carbocycles. The molecule has 0 bridgehead atoms. The third kappa shape index (κ3) is 11.2. The largest absolute Gasteiger partial charge is 0.490 e. The summed E-state index contributed by atoms with van der Waals surface area (Å²) in [7, 11) is 0. The number of hydrogen-bond acceptors (Lipinski definition) is 2. The summed E-state index contributed by atoms with van der Waals surface area (Å²) in [6.07, 6.45) is 3.40. The maximum Gasteiger partial charge on any atom is 0.490 e. The fourth-order valence-corrected chi connectivity index (χ4v) is 2.18. The lowest BCUT2D eigenvalue weighted by Crippen LogP contribution is -2.21. The summed E-state index contributed by atoms with van der Waals surface area (Å²) in [5.74, 6) is -3.64. The van der Waals surface area contributed by atoms with Gasteiger partial charge < -0.3 is 10.2 Å². The molecule has 0 saturated heterocycles. The van der Waals surface area contributed by atoms with Crippen molar-refractivity contribution < 1.29 is 33.0 Å². The molecule has 0 heterocycles. The van der Waals surface area contributed by atoms with E-state index in [2.05, 4.69) is 13.8 Å². The minimum absolute atomic E-state index is 0.332. The second-order valence-corrected chi connectivity index (χ2v) is 6.08. The predicted molar refractivity (Wildman–Crippen MR) is 104 cm³/mol. The highest BCUT2D eigenvalue weighted by atomic mass is 19.4. The molecule has 2 aromatic carbocycles. The smallest absolute Gasteiger partial charge is 0.478 e. The number of carbonyl (C=O) groups is 2. The molecular formula is C21H27F3O4. The van der Waals surface area contributed by atoms with Crippen LogP contribution in [0.25, 0.3) is 10.8 Å². The summed E-state index contributed by atoms with van der Waals surface area (Å²) in [5, 5.41) is 17.9. The zero-order valence-electron chi connectivity index (χ0n) is 16.1. The number of hydrogen-bond donors (Lipinski definition) is 2. The average Bonchev–Trinajstić information content (AvgIpc) is 2.65. The summed E-state index contributed by atoms with van der Waals surface area (Å²) in [4.78, 5) is 19.5. The quantitative estimate of drug-likeness (QED) is 0.540. The monoisotopic (exact) mass is 400 g/mol. The first-order valence-electron chi connectivity index (χ1n) is 9.15. The Morgan fingerprint density at radius 3 is 1.68 bits per heavy atom. The molecule has 0 amide bonds. The first-order valence-corrected chi connectivity index (χ1v) is 9.15. The van der Waals surface area contributed by atoms with Crippen LogP contribution in [0.3, 0.4) is 0 Å². The van der Waals surface area contributed by atoms with E-state index in [1.54, 1.807) is 12.1 Å². The van der Waals surface area contributed by atoms with Crippen molar-refractivity contribution >= 4 is 22.7 Å². The van der Waals surface area contributed by atoms with Crippen LogP contribution in [0.4, 0.5) is 13.2 Å². The first-order chi connectivity index (χ1) is 13.1. The molecule has 0 aromatic heterocycles.